The number of benzene rings is 1. The van der Waals surface area contributed by atoms with Crippen LogP contribution in [0.15, 0.2) is 57.7 Å². The fraction of sp³-hybridized carbons (Fsp3) is 0.125. The first-order valence-electron chi connectivity index (χ1n) is 6.83. The summed E-state index contributed by atoms with van der Waals surface area (Å²) in [6.07, 6.45) is 1.58. The van der Waals surface area contributed by atoms with Gasteiger partial charge in [0.05, 0.1) is 17.7 Å². The molecule has 7 heteroatoms. The number of rotatable bonds is 6. The number of halogens is 1. The summed E-state index contributed by atoms with van der Waals surface area (Å²) in [5, 5.41) is 7.34. The van der Waals surface area contributed by atoms with E-state index in [4.69, 9.17) is 20.5 Å². The number of nitrogens with zero attached hydrogens (tertiary/aromatic N) is 1. The molecule has 0 aliphatic carbocycles. The second-order valence-corrected chi connectivity index (χ2v) is 6.13. The molecule has 3 aromatic rings. The second-order valence-electron chi connectivity index (χ2n) is 4.71. The van der Waals surface area contributed by atoms with Crippen molar-refractivity contribution < 1.29 is 13.7 Å². The van der Waals surface area contributed by atoms with Crippen molar-refractivity contribution >= 4 is 35.0 Å². The minimum Gasteiger partial charge on any atom is -0.461 e. The number of anilines is 1. The Morgan fingerprint density at radius 2 is 2.13 bits per heavy atom. The van der Waals surface area contributed by atoms with Crippen molar-refractivity contribution in [2.45, 2.75) is 5.75 Å². The van der Waals surface area contributed by atoms with E-state index in [1.807, 2.05) is 0 Å². The first-order chi connectivity index (χ1) is 11.2. The van der Waals surface area contributed by atoms with Gasteiger partial charge in [0.1, 0.15) is 0 Å². The fourth-order valence-electron chi connectivity index (χ4n) is 1.93. The molecular formula is C16H13ClN2O3S. The number of nitrogens with one attached hydrogen (secondary N) is 1. The van der Waals surface area contributed by atoms with E-state index in [0.717, 1.165) is 5.69 Å². The molecule has 23 heavy (non-hydrogen) atoms. The minimum absolute atomic E-state index is 0.0907. The third kappa shape index (κ3) is 4.40. The molecule has 0 spiro atoms. The third-order valence-corrected chi connectivity index (χ3v) is 4.12. The lowest BCUT2D eigenvalue weighted by atomic mass is 10.3. The Hall–Kier alpha value is -2.18. The summed E-state index contributed by atoms with van der Waals surface area (Å²) in [6.45, 7) is 0. The van der Waals surface area contributed by atoms with Crippen molar-refractivity contribution in [2.75, 3.05) is 11.1 Å². The van der Waals surface area contributed by atoms with Crippen molar-refractivity contribution in [3.63, 3.8) is 0 Å². The van der Waals surface area contributed by atoms with Gasteiger partial charge < -0.3 is 14.3 Å². The van der Waals surface area contributed by atoms with E-state index < -0.39 is 0 Å². The summed E-state index contributed by atoms with van der Waals surface area (Å²) in [6, 6.07) is 12.4. The summed E-state index contributed by atoms with van der Waals surface area (Å²) < 4.78 is 10.4. The Morgan fingerprint density at radius 3 is 2.91 bits per heavy atom. The lowest BCUT2D eigenvalue weighted by Gasteiger charge is -2.04. The van der Waals surface area contributed by atoms with Gasteiger partial charge in [-0.2, -0.15) is 0 Å². The van der Waals surface area contributed by atoms with E-state index in [-0.39, 0.29) is 5.91 Å². The first kappa shape index (κ1) is 15.7. The summed E-state index contributed by atoms with van der Waals surface area (Å²) in [5.41, 5.74) is 1.45. The molecule has 0 fully saturated rings. The highest BCUT2D eigenvalue weighted by atomic mass is 35.5. The molecule has 0 bridgehead atoms. The van der Waals surface area contributed by atoms with Crippen LogP contribution in [0.2, 0.25) is 5.02 Å². The molecular weight excluding hydrogens is 336 g/mol. The molecule has 118 valence electrons. The average molecular weight is 349 g/mol. The molecule has 1 aromatic carbocycles. The van der Waals surface area contributed by atoms with E-state index >= 15 is 0 Å². The maximum Gasteiger partial charge on any atom is 0.234 e. The van der Waals surface area contributed by atoms with E-state index in [1.165, 1.54) is 11.8 Å². The Balaban J connectivity index is 1.47. The van der Waals surface area contributed by atoms with Gasteiger partial charge in [0.25, 0.3) is 0 Å². The molecule has 0 aliphatic heterocycles. The van der Waals surface area contributed by atoms with E-state index in [2.05, 4.69) is 10.5 Å². The van der Waals surface area contributed by atoms with Crippen molar-refractivity contribution in [3.8, 4) is 11.5 Å². The molecule has 0 atom stereocenters. The molecule has 1 amide bonds. The van der Waals surface area contributed by atoms with Crippen molar-refractivity contribution in [1.82, 2.24) is 5.16 Å². The SMILES string of the molecule is O=C(CSCc1cc(-c2ccco2)on1)Nc1cccc(Cl)c1. The number of carbonyl (C=O) groups is 1. The zero-order valence-corrected chi connectivity index (χ0v) is 13.6. The lowest BCUT2D eigenvalue weighted by Crippen LogP contribution is -2.14. The quantitative estimate of drug-likeness (QED) is 0.712. The normalized spacial score (nSPS) is 10.7. The van der Waals surface area contributed by atoms with Crippen molar-refractivity contribution in [3.05, 3.63) is 59.4 Å². The molecule has 3 rings (SSSR count). The van der Waals surface area contributed by atoms with Gasteiger partial charge in [-0.05, 0) is 30.3 Å². The van der Waals surface area contributed by atoms with Crippen LogP contribution < -0.4 is 5.32 Å². The van der Waals surface area contributed by atoms with Gasteiger partial charge in [-0.3, -0.25) is 4.79 Å². The third-order valence-electron chi connectivity index (χ3n) is 2.91. The minimum atomic E-state index is -0.0907. The highest BCUT2D eigenvalue weighted by Gasteiger charge is 2.10. The molecule has 0 aliphatic rings. The van der Waals surface area contributed by atoms with Crippen LogP contribution in [-0.2, 0) is 10.5 Å². The maximum atomic E-state index is 11.9. The van der Waals surface area contributed by atoms with Gasteiger partial charge in [-0.25, -0.2) is 0 Å². The largest absolute Gasteiger partial charge is 0.461 e. The lowest BCUT2D eigenvalue weighted by molar-refractivity contribution is -0.113. The van der Waals surface area contributed by atoms with Crippen LogP contribution in [0.5, 0.6) is 0 Å². The number of amides is 1. The van der Waals surface area contributed by atoms with Crippen LogP contribution in [0, 0.1) is 0 Å². The summed E-state index contributed by atoms with van der Waals surface area (Å²) in [7, 11) is 0. The standard InChI is InChI=1S/C16H13ClN2O3S/c17-11-3-1-4-12(7-11)18-16(20)10-23-9-13-8-15(22-19-13)14-5-2-6-21-14/h1-8H,9-10H2,(H,18,20). The molecule has 2 heterocycles. The highest BCUT2D eigenvalue weighted by molar-refractivity contribution is 7.99. The number of furan rings is 1. The Morgan fingerprint density at radius 1 is 1.22 bits per heavy atom. The van der Waals surface area contributed by atoms with E-state index in [0.29, 0.717) is 33.7 Å². The van der Waals surface area contributed by atoms with Gasteiger partial charge in [-0.1, -0.05) is 22.8 Å². The van der Waals surface area contributed by atoms with Crippen LogP contribution in [0.1, 0.15) is 5.69 Å². The van der Waals surface area contributed by atoms with Gasteiger partial charge in [0.15, 0.2) is 5.76 Å². The van der Waals surface area contributed by atoms with E-state index in [9.17, 15) is 4.79 Å². The Labute approximate surface area is 142 Å². The van der Waals surface area contributed by atoms with Crippen LogP contribution >= 0.6 is 23.4 Å². The predicted octanol–water partition coefficient (Wildman–Crippen LogP) is 4.46. The fourth-order valence-corrected chi connectivity index (χ4v) is 2.82. The second kappa shape index (κ2) is 7.39. The van der Waals surface area contributed by atoms with Crippen LogP contribution in [0.4, 0.5) is 5.69 Å². The first-order valence-corrected chi connectivity index (χ1v) is 8.36. The number of aromatic nitrogens is 1. The number of carbonyl (C=O) groups excluding carboxylic acids is 1. The summed E-state index contributed by atoms with van der Waals surface area (Å²) in [5.74, 6) is 2.01. The van der Waals surface area contributed by atoms with Gasteiger partial charge in [-0.15, -0.1) is 11.8 Å². The molecule has 1 N–H and O–H groups in total. The predicted molar refractivity (Wildman–Crippen MR) is 90.4 cm³/mol. The number of thioether (sulfide) groups is 1. The monoisotopic (exact) mass is 348 g/mol. The topological polar surface area (TPSA) is 68.3 Å². The average Bonchev–Trinajstić information content (AvgIpc) is 3.18. The van der Waals surface area contributed by atoms with Crippen LogP contribution in [0.25, 0.3) is 11.5 Å². The smallest absolute Gasteiger partial charge is 0.234 e. The molecule has 0 radical (unpaired) electrons. The van der Waals surface area contributed by atoms with E-state index in [1.54, 1.807) is 48.7 Å². The van der Waals surface area contributed by atoms with Crippen LogP contribution in [0.3, 0.4) is 0 Å². The van der Waals surface area contributed by atoms with Crippen LogP contribution in [-0.4, -0.2) is 16.8 Å². The van der Waals surface area contributed by atoms with Gasteiger partial charge in [0, 0.05) is 22.5 Å². The molecule has 2 aromatic heterocycles. The number of hydrogen-bond donors (Lipinski definition) is 1. The number of hydrogen-bond acceptors (Lipinski definition) is 5. The molecule has 0 saturated heterocycles. The zero-order chi connectivity index (χ0) is 16.1. The Kier molecular flexibility index (Phi) is 5.05. The maximum absolute atomic E-state index is 11.9. The summed E-state index contributed by atoms with van der Waals surface area (Å²) >= 11 is 7.32. The summed E-state index contributed by atoms with van der Waals surface area (Å²) in [4.78, 5) is 11.9. The van der Waals surface area contributed by atoms with Gasteiger partial charge in [0.2, 0.25) is 11.7 Å². The highest BCUT2D eigenvalue weighted by Crippen LogP contribution is 2.22. The Bertz CT molecular complexity index is 786. The van der Waals surface area contributed by atoms with Gasteiger partial charge >= 0.3 is 0 Å². The van der Waals surface area contributed by atoms with Crippen molar-refractivity contribution in [1.29, 1.82) is 0 Å². The molecule has 0 saturated carbocycles. The van der Waals surface area contributed by atoms with Crippen molar-refractivity contribution in [2.24, 2.45) is 0 Å². The molecule has 0 unspecified atom stereocenters. The molecule has 5 nitrogen and oxygen atoms in total. The zero-order valence-electron chi connectivity index (χ0n) is 12.0.